The number of benzene rings is 1. The summed E-state index contributed by atoms with van der Waals surface area (Å²) in [5.41, 5.74) is 1.52. The highest BCUT2D eigenvalue weighted by Crippen LogP contribution is 2.37. The lowest BCUT2D eigenvalue weighted by atomic mass is 10.2. The Morgan fingerprint density at radius 3 is 2.80 bits per heavy atom. The van der Waals surface area contributed by atoms with E-state index >= 15 is 0 Å². The molecule has 0 fully saturated rings. The van der Waals surface area contributed by atoms with Gasteiger partial charge < -0.3 is 9.47 Å². The molecule has 0 spiro atoms. The number of aromatic nitrogens is 1. The van der Waals surface area contributed by atoms with E-state index in [0.717, 1.165) is 17.0 Å². The molecular weight excluding hydrogens is 342 g/mol. The predicted octanol–water partition coefficient (Wildman–Crippen LogP) is 4.00. The number of thiazole rings is 1. The van der Waals surface area contributed by atoms with E-state index in [2.05, 4.69) is 20.9 Å². The smallest absolute Gasteiger partial charge is 0.176 e. The summed E-state index contributed by atoms with van der Waals surface area (Å²) in [6.07, 6.45) is 0.779. The first-order valence-corrected chi connectivity index (χ1v) is 7.76. The highest BCUT2D eigenvalue weighted by atomic mass is 79.9. The van der Waals surface area contributed by atoms with Crippen LogP contribution in [-0.4, -0.2) is 17.9 Å². The number of carbonyl (C=O) groups is 1. The molecule has 1 aromatic carbocycles. The normalized spacial score (nSPS) is 10.3. The van der Waals surface area contributed by atoms with Crippen molar-refractivity contribution in [2.75, 3.05) is 6.61 Å². The van der Waals surface area contributed by atoms with Crippen LogP contribution < -0.4 is 9.47 Å². The Balaban J connectivity index is 2.22. The summed E-state index contributed by atoms with van der Waals surface area (Å²) in [7, 11) is 0. The van der Waals surface area contributed by atoms with Gasteiger partial charge in [-0.1, -0.05) is 0 Å². The largest absolute Gasteiger partial charge is 0.490 e. The van der Waals surface area contributed by atoms with Crippen molar-refractivity contribution < 1.29 is 14.3 Å². The first kappa shape index (κ1) is 15.0. The molecule has 0 saturated carbocycles. The second kappa shape index (κ2) is 6.85. The average molecular weight is 356 g/mol. The molecular formula is C14H14BrNO3S. The van der Waals surface area contributed by atoms with Crippen molar-refractivity contribution in [1.82, 2.24) is 4.98 Å². The maximum Gasteiger partial charge on any atom is 0.176 e. The molecule has 0 unspecified atom stereocenters. The number of hydrogen-bond donors (Lipinski definition) is 0. The predicted molar refractivity (Wildman–Crippen MR) is 81.9 cm³/mol. The van der Waals surface area contributed by atoms with Crippen molar-refractivity contribution in [2.24, 2.45) is 0 Å². The number of rotatable bonds is 6. The van der Waals surface area contributed by atoms with Crippen LogP contribution >= 0.6 is 27.3 Å². The molecule has 1 heterocycles. The number of carbonyl (C=O) groups excluding carboxylic acids is 1. The second-order valence-corrected chi connectivity index (χ2v) is 5.85. The van der Waals surface area contributed by atoms with Gasteiger partial charge in [-0.2, -0.15) is 0 Å². The summed E-state index contributed by atoms with van der Waals surface area (Å²) in [5.74, 6) is 1.14. The van der Waals surface area contributed by atoms with Crippen LogP contribution in [0.25, 0.3) is 0 Å². The summed E-state index contributed by atoms with van der Waals surface area (Å²) >= 11 is 4.96. The lowest BCUT2D eigenvalue weighted by Gasteiger charge is -2.13. The molecule has 2 rings (SSSR count). The lowest BCUT2D eigenvalue weighted by Crippen LogP contribution is -2.01. The number of halogens is 1. The molecule has 2 aromatic rings. The lowest BCUT2D eigenvalue weighted by molar-refractivity contribution is 0.112. The Morgan fingerprint density at radius 1 is 1.40 bits per heavy atom. The standard InChI is InChI=1S/C14H14BrNO3S/c1-3-18-12-5-10(6-17)4-11(15)14(12)19-7-13-16-9(2)8-20-13/h4-6,8H,3,7H2,1-2H3. The Bertz CT molecular complexity index is 612. The number of ether oxygens (including phenoxy) is 2. The van der Waals surface area contributed by atoms with Crippen molar-refractivity contribution in [3.05, 3.63) is 38.3 Å². The van der Waals surface area contributed by atoms with E-state index in [1.54, 1.807) is 23.5 Å². The van der Waals surface area contributed by atoms with E-state index in [1.807, 2.05) is 19.2 Å². The van der Waals surface area contributed by atoms with Crippen LogP contribution in [0.1, 0.15) is 28.0 Å². The monoisotopic (exact) mass is 355 g/mol. The van der Waals surface area contributed by atoms with Gasteiger partial charge in [-0.05, 0) is 41.9 Å². The summed E-state index contributed by atoms with van der Waals surface area (Å²) in [5, 5.41) is 2.88. The molecule has 106 valence electrons. The fourth-order valence-electron chi connectivity index (χ4n) is 1.66. The zero-order valence-electron chi connectivity index (χ0n) is 11.2. The van der Waals surface area contributed by atoms with Crippen LogP contribution in [0.15, 0.2) is 22.0 Å². The van der Waals surface area contributed by atoms with Gasteiger partial charge in [0.15, 0.2) is 11.5 Å². The van der Waals surface area contributed by atoms with Gasteiger partial charge in [0.1, 0.15) is 17.9 Å². The molecule has 0 bridgehead atoms. The summed E-state index contributed by atoms with van der Waals surface area (Å²) in [6, 6.07) is 3.38. The van der Waals surface area contributed by atoms with E-state index < -0.39 is 0 Å². The van der Waals surface area contributed by atoms with Crippen LogP contribution in [0, 0.1) is 6.92 Å². The SMILES string of the molecule is CCOc1cc(C=O)cc(Br)c1OCc1nc(C)cs1. The summed E-state index contributed by atoms with van der Waals surface area (Å²) in [6.45, 7) is 4.70. The quantitative estimate of drug-likeness (QED) is 0.734. The Morgan fingerprint density at radius 2 is 2.20 bits per heavy atom. The molecule has 0 atom stereocenters. The Hall–Kier alpha value is -1.40. The third-order valence-electron chi connectivity index (χ3n) is 2.47. The fraction of sp³-hybridized carbons (Fsp3) is 0.286. The number of hydrogen-bond acceptors (Lipinski definition) is 5. The van der Waals surface area contributed by atoms with E-state index in [4.69, 9.17) is 9.47 Å². The third kappa shape index (κ3) is 3.58. The highest BCUT2D eigenvalue weighted by Gasteiger charge is 2.13. The van der Waals surface area contributed by atoms with E-state index in [9.17, 15) is 4.79 Å². The fourth-order valence-corrected chi connectivity index (χ4v) is 2.92. The minimum Gasteiger partial charge on any atom is -0.490 e. The molecule has 0 N–H and O–H groups in total. The zero-order chi connectivity index (χ0) is 14.5. The molecule has 0 radical (unpaired) electrons. The van der Waals surface area contributed by atoms with E-state index in [1.165, 1.54) is 0 Å². The van der Waals surface area contributed by atoms with Crippen LogP contribution in [0.2, 0.25) is 0 Å². The van der Waals surface area contributed by atoms with Gasteiger partial charge >= 0.3 is 0 Å². The Kier molecular flexibility index (Phi) is 5.14. The molecule has 0 aliphatic heterocycles. The van der Waals surface area contributed by atoms with Gasteiger partial charge in [0.25, 0.3) is 0 Å². The maximum atomic E-state index is 10.9. The minimum atomic E-state index is 0.373. The van der Waals surface area contributed by atoms with Crippen molar-refractivity contribution >= 4 is 33.6 Å². The third-order valence-corrected chi connectivity index (χ3v) is 4.00. The van der Waals surface area contributed by atoms with Gasteiger partial charge in [-0.3, -0.25) is 4.79 Å². The van der Waals surface area contributed by atoms with Crippen LogP contribution in [0.3, 0.4) is 0 Å². The van der Waals surface area contributed by atoms with Crippen LogP contribution in [-0.2, 0) is 6.61 Å². The molecule has 0 saturated heterocycles. The first-order chi connectivity index (χ1) is 9.63. The number of aldehydes is 1. The second-order valence-electron chi connectivity index (χ2n) is 4.05. The van der Waals surface area contributed by atoms with Crippen molar-refractivity contribution in [1.29, 1.82) is 0 Å². The summed E-state index contributed by atoms with van der Waals surface area (Å²) < 4.78 is 12.0. The maximum absolute atomic E-state index is 10.9. The van der Waals surface area contributed by atoms with Gasteiger partial charge in [-0.25, -0.2) is 4.98 Å². The first-order valence-electron chi connectivity index (χ1n) is 6.09. The average Bonchev–Trinajstić information content (AvgIpc) is 2.83. The molecule has 20 heavy (non-hydrogen) atoms. The van der Waals surface area contributed by atoms with Crippen molar-refractivity contribution in [3.8, 4) is 11.5 Å². The minimum absolute atomic E-state index is 0.373. The van der Waals surface area contributed by atoms with Gasteiger partial charge in [-0.15, -0.1) is 11.3 Å². The summed E-state index contributed by atoms with van der Waals surface area (Å²) in [4.78, 5) is 15.2. The van der Waals surface area contributed by atoms with Gasteiger partial charge in [0.05, 0.1) is 11.1 Å². The number of nitrogens with zero attached hydrogens (tertiary/aromatic N) is 1. The zero-order valence-corrected chi connectivity index (χ0v) is 13.6. The van der Waals surface area contributed by atoms with Gasteiger partial charge in [0.2, 0.25) is 0 Å². The molecule has 4 nitrogen and oxygen atoms in total. The molecule has 6 heteroatoms. The van der Waals surface area contributed by atoms with Crippen LogP contribution in [0.5, 0.6) is 11.5 Å². The molecule has 0 aliphatic carbocycles. The molecule has 1 aromatic heterocycles. The number of aryl methyl sites for hydroxylation is 1. The van der Waals surface area contributed by atoms with Gasteiger partial charge in [0, 0.05) is 16.6 Å². The Labute approximate surface area is 129 Å². The topological polar surface area (TPSA) is 48.4 Å². The van der Waals surface area contributed by atoms with E-state index in [0.29, 0.717) is 34.7 Å². The highest BCUT2D eigenvalue weighted by molar-refractivity contribution is 9.10. The van der Waals surface area contributed by atoms with E-state index in [-0.39, 0.29) is 0 Å². The molecule has 0 aliphatic rings. The van der Waals surface area contributed by atoms with Crippen molar-refractivity contribution in [3.63, 3.8) is 0 Å². The molecule has 0 amide bonds. The van der Waals surface area contributed by atoms with Crippen molar-refractivity contribution in [2.45, 2.75) is 20.5 Å². The van der Waals surface area contributed by atoms with Crippen LogP contribution in [0.4, 0.5) is 0 Å².